The van der Waals surface area contributed by atoms with Gasteiger partial charge in [-0.3, -0.25) is 4.90 Å². The molecule has 0 aliphatic carbocycles. The minimum absolute atomic E-state index is 0. The Balaban J connectivity index is 0.00000200. The standard InChI is InChI=1S/C16H26N2O.ClH/c1-13-4-3-5-14(2)16(13)19-11-10-18-8-6-15(12-17)7-9-18;/h3-5,15H,6-12,17H2,1-2H3;1H. The lowest BCUT2D eigenvalue weighted by Gasteiger charge is -2.31. The second-order valence-corrected chi connectivity index (χ2v) is 5.59. The van der Waals surface area contributed by atoms with Gasteiger partial charge in [-0.15, -0.1) is 12.4 Å². The van der Waals surface area contributed by atoms with Crippen LogP contribution in [0, 0.1) is 19.8 Å². The highest BCUT2D eigenvalue weighted by molar-refractivity contribution is 5.85. The Morgan fingerprint density at radius 2 is 1.80 bits per heavy atom. The molecular formula is C16H27ClN2O. The summed E-state index contributed by atoms with van der Waals surface area (Å²) >= 11 is 0. The number of aryl methyl sites for hydroxylation is 2. The molecule has 4 heteroatoms. The van der Waals surface area contributed by atoms with Crippen LogP contribution in [0.1, 0.15) is 24.0 Å². The van der Waals surface area contributed by atoms with Gasteiger partial charge in [-0.2, -0.15) is 0 Å². The van der Waals surface area contributed by atoms with Gasteiger partial charge in [0.1, 0.15) is 12.4 Å². The van der Waals surface area contributed by atoms with E-state index in [1.807, 2.05) is 0 Å². The molecular weight excluding hydrogens is 272 g/mol. The van der Waals surface area contributed by atoms with Gasteiger partial charge in [0.15, 0.2) is 0 Å². The third-order valence-corrected chi connectivity index (χ3v) is 4.10. The van der Waals surface area contributed by atoms with Gasteiger partial charge in [-0.1, -0.05) is 18.2 Å². The highest BCUT2D eigenvalue weighted by Gasteiger charge is 2.17. The van der Waals surface area contributed by atoms with E-state index in [9.17, 15) is 0 Å². The number of nitrogens with two attached hydrogens (primary N) is 1. The third kappa shape index (κ3) is 4.65. The lowest BCUT2D eigenvalue weighted by molar-refractivity contribution is 0.156. The van der Waals surface area contributed by atoms with Crippen molar-refractivity contribution in [2.45, 2.75) is 26.7 Å². The lowest BCUT2D eigenvalue weighted by Crippen LogP contribution is -2.38. The van der Waals surface area contributed by atoms with E-state index in [2.05, 4.69) is 36.9 Å². The summed E-state index contributed by atoms with van der Waals surface area (Å²) in [6.45, 7) is 9.18. The molecule has 0 radical (unpaired) electrons. The third-order valence-electron chi connectivity index (χ3n) is 4.10. The van der Waals surface area contributed by atoms with Crippen molar-refractivity contribution >= 4 is 12.4 Å². The molecule has 1 aromatic rings. The normalized spacial score (nSPS) is 16.8. The zero-order valence-corrected chi connectivity index (χ0v) is 13.4. The topological polar surface area (TPSA) is 38.5 Å². The molecule has 20 heavy (non-hydrogen) atoms. The first-order chi connectivity index (χ1) is 9.20. The molecule has 3 nitrogen and oxygen atoms in total. The van der Waals surface area contributed by atoms with Crippen LogP contribution in [0.25, 0.3) is 0 Å². The minimum Gasteiger partial charge on any atom is -0.492 e. The Labute approximate surface area is 128 Å². The van der Waals surface area contributed by atoms with Gasteiger partial charge in [0.2, 0.25) is 0 Å². The molecule has 2 rings (SSSR count). The Hall–Kier alpha value is -0.770. The summed E-state index contributed by atoms with van der Waals surface area (Å²) in [5.41, 5.74) is 8.16. The largest absolute Gasteiger partial charge is 0.492 e. The van der Waals surface area contributed by atoms with Gasteiger partial charge in [0.05, 0.1) is 0 Å². The molecule has 0 aromatic heterocycles. The number of hydrogen-bond donors (Lipinski definition) is 1. The van der Waals surface area contributed by atoms with E-state index in [-0.39, 0.29) is 12.4 Å². The fourth-order valence-electron chi connectivity index (χ4n) is 2.75. The number of rotatable bonds is 5. The molecule has 114 valence electrons. The maximum Gasteiger partial charge on any atom is 0.125 e. The molecule has 1 saturated heterocycles. The van der Waals surface area contributed by atoms with Crippen LogP contribution >= 0.6 is 12.4 Å². The van der Waals surface area contributed by atoms with E-state index < -0.39 is 0 Å². The van der Waals surface area contributed by atoms with Crippen molar-refractivity contribution in [3.8, 4) is 5.75 Å². The van der Waals surface area contributed by atoms with Gasteiger partial charge in [0.25, 0.3) is 0 Å². The van der Waals surface area contributed by atoms with E-state index in [1.165, 1.54) is 24.0 Å². The highest BCUT2D eigenvalue weighted by atomic mass is 35.5. The maximum absolute atomic E-state index is 5.96. The van der Waals surface area contributed by atoms with E-state index >= 15 is 0 Å². The fraction of sp³-hybridized carbons (Fsp3) is 0.625. The van der Waals surface area contributed by atoms with Crippen molar-refractivity contribution in [3.63, 3.8) is 0 Å². The number of halogens is 1. The number of benzene rings is 1. The van der Waals surface area contributed by atoms with Gasteiger partial charge in [0, 0.05) is 6.54 Å². The van der Waals surface area contributed by atoms with Gasteiger partial charge in [-0.25, -0.2) is 0 Å². The molecule has 1 heterocycles. The van der Waals surface area contributed by atoms with E-state index in [4.69, 9.17) is 10.5 Å². The van der Waals surface area contributed by atoms with Crippen molar-refractivity contribution in [2.75, 3.05) is 32.8 Å². The molecule has 2 N–H and O–H groups in total. The predicted molar refractivity (Wildman–Crippen MR) is 86.9 cm³/mol. The summed E-state index contributed by atoms with van der Waals surface area (Å²) in [5.74, 6) is 1.79. The first-order valence-electron chi connectivity index (χ1n) is 7.32. The quantitative estimate of drug-likeness (QED) is 0.908. The number of nitrogens with zero attached hydrogens (tertiary/aromatic N) is 1. The number of para-hydroxylation sites is 1. The summed E-state index contributed by atoms with van der Waals surface area (Å²) in [7, 11) is 0. The second-order valence-electron chi connectivity index (χ2n) is 5.59. The van der Waals surface area contributed by atoms with Crippen LogP contribution in [0.2, 0.25) is 0 Å². The first kappa shape index (κ1) is 17.3. The van der Waals surface area contributed by atoms with Crippen molar-refractivity contribution in [2.24, 2.45) is 11.7 Å². The van der Waals surface area contributed by atoms with Gasteiger partial charge < -0.3 is 10.5 Å². The molecule has 0 bridgehead atoms. The van der Waals surface area contributed by atoms with Crippen LogP contribution in [-0.2, 0) is 0 Å². The monoisotopic (exact) mass is 298 g/mol. The molecule has 0 unspecified atom stereocenters. The summed E-state index contributed by atoms with van der Waals surface area (Å²) < 4.78 is 5.96. The number of hydrogen-bond acceptors (Lipinski definition) is 3. The van der Waals surface area contributed by atoms with Crippen LogP contribution in [0.5, 0.6) is 5.75 Å². The van der Waals surface area contributed by atoms with Crippen LogP contribution < -0.4 is 10.5 Å². The molecule has 0 atom stereocenters. The highest BCUT2D eigenvalue weighted by Crippen LogP contribution is 2.22. The van der Waals surface area contributed by atoms with Crippen LogP contribution in [0.3, 0.4) is 0 Å². The number of ether oxygens (including phenoxy) is 1. The first-order valence-corrected chi connectivity index (χ1v) is 7.32. The summed E-state index contributed by atoms with van der Waals surface area (Å²) in [6, 6.07) is 6.29. The average molecular weight is 299 g/mol. The fourth-order valence-corrected chi connectivity index (χ4v) is 2.75. The van der Waals surface area contributed by atoms with Crippen molar-refractivity contribution in [1.29, 1.82) is 0 Å². The Morgan fingerprint density at radius 3 is 2.35 bits per heavy atom. The smallest absolute Gasteiger partial charge is 0.125 e. The minimum atomic E-state index is 0. The molecule has 0 saturated carbocycles. The summed E-state index contributed by atoms with van der Waals surface area (Å²) in [5, 5.41) is 0. The van der Waals surface area contributed by atoms with Crippen LogP contribution in [0.4, 0.5) is 0 Å². The van der Waals surface area contributed by atoms with E-state index in [0.29, 0.717) is 0 Å². The van der Waals surface area contributed by atoms with Crippen molar-refractivity contribution < 1.29 is 4.74 Å². The molecule has 0 spiro atoms. The van der Waals surface area contributed by atoms with E-state index in [1.54, 1.807) is 0 Å². The SMILES string of the molecule is Cc1cccc(C)c1OCCN1CCC(CN)CC1.Cl. The van der Waals surface area contributed by atoms with Crippen LogP contribution in [0.15, 0.2) is 18.2 Å². The Morgan fingerprint density at radius 1 is 1.20 bits per heavy atom. The van der Waals surface area contributed by atoms with Gasteiger partial charge in [-0.05, 0) is 63.4 Å². The average Bonchev–Trinajstić information content (AvgIpc) is 2.43. The molecule has 1 fully saturated rings. The zero-order chi connectivity index (χ0) is 13.7. The Bertz CT molecular complexity index is 383. The molecule has 1 aliphatic heterocycles. The number of piperidine rings is 1. The molecule has 0 amide bonds. The zero-order valence-electron chi connectivity index (χ0n) is 12.6. The summed E-state index contributed by atoms with van der Waals surface area (Å²) in [6.07, 6.45) is 2.47. The lowest BCUT2D eigenvalue weighted by atomic mass is 9.97. The van der Waals surface area contributed by atoms with Crippen LogP contribution in [-0.4, -0.2) is 37.7 Å². The van der Waals surface area contributed by atoms with E-state index in [0.717, 1.165) is 44.5 Å². The summed E-state index contributed by atoms with van der Waals surface area (Å²) in [4.78, 5) is 2.49. The van der Waals surface area contributed by atoms with Gasteiger partial charge >= 0.3 is 0 Å². The molecule has 1 aromatic carbocycles. The number of likely N-dealkylation sites (tertiary alicyclic amines) is 1. The molecule has 1 aliphatic rings. The second kappa shape index (κ2) is 8.50. The maximum atomic E-state index is 5.96. The van der Waals surface area contributed by atoms with Crippen molar-refractivity contribution in [3.05, 3.63) is 29.3 Å². The predicted octanol–water partition coefficient (Wildman–Crippen LogP) is 2.77. The Kier molecular flexibility index (Phi) is 7.35. The van der Waals surface area contributed by atoms with Crippen molar-refractivity contribution in [1.82, 2.24) is 4.90 Å².